The van der Waals surface area contributed by atoms with Crippen LogP contribution >= 0.6 is 0 Å². The van der Waals surface area contributed by atoms with Gasteiger partial charge in [0.15, 0.2) is 0 Å². The molecule has 0 atom stereocenters. The lowest BCUT2D eigenvalue weighted by atomic mass is 9.76. The third kappa shape index (κ3) is 3.50. The topological polar surface area (TPSA) is 43.6 Å². The molecular weight excluding hydrogens is 348 g/mol. The van der Waals surface area contributed by atoms with Crippen molar-refractivity contribution in [1.82, 2.24) is 4.57 Å². The maximum absolute atomic E-state index is 12.3. The van der Waals surface area contributed by atoms with Gasteiger partial charge in [0.1, 0.15) is 0 Å². The summed E-state index contributed by atoms with van der Waals surface area (Å²) in [5.41, 5.74) is 5.93. The van der Waals surface area contributed by atoms with Gasteiger partial charge in [0.25, 0.3) is 0 Å². The van der Waals surface area contributed by atoms with Crippen molar-refractivity contribution in [3.63, 3.8) is 0 Å². The van der Waals surface area contributed by atoms with Crippen LogP contribution in [0.4, 0.5) is 0 Å². The fraction of sp³-hybridized carbons (Fsp3) is 0.250. The van der Waals surface area contributed by atoms with E-state index in [2.05, 4.69) is 48.7 Å². The minimum absolute atomic E-state index is 0.0301. The lowest BCUT2D eigenvalue weighted by Gasteiger charge is -2.31. The van der Waals surface area contributed by atoms with Crippen LogP contribution in [0.25, 0.3) is 5.69 Å². The quantitative estimate of drug-likeness (QED) is 0.461. The number of fused-ring (bicyclic) bond motifs is 1. The van der Waals surface area contributed by atoms with Crippen LogP contribution in [-0.4, -0.2) is 16.2 Å². The minimum atomic E-state index is -0.433. The number of carbonyl (C=O) groups excluding carboxylic acids is 1. The first-order valence-corrected chi connectivity index (χ1v) is 9.55. The Labute approximate surface area is 165 Å². The molecular formula is C24H24N2O2. The highest BCUT2D eigenvalue weighted by Crippen LogP contribution is 2.38. The van der Waals surface area contributed by atoms with Crippen LogP contribution in [-0.2, 0) is 11.3 Å². The molecule has 0 fully saturated rings. The van der Waals surface area contributed by atoms with Gasteiger partial charge in [0.2, 0.25) is 0 Å². The molecule has 142 valence electrons. The van der Waals surface area contributed by atoms with E-state index in [0.717, 1.165) is 35.5 Å². The molecule has 28 heavy (non-hydrogen) atoms. The van der Waals surface area contributed by atoms with Crippen molar-refractivity contribution in [1.29, 1.82) is 0 Å². The normalized spacial score (nSPS) is 16.6. The number of aromatic nitrogens is 1. The van der Waals surface area contributed by atoms with Gasteiger partial charge in [0, 0.05) is 22.6 Å². The van der Waals surface area contributed by atoms with E-state index in [-0.39, 0.29) is 5.41 Å². The van der Waals surface area contributed by atoms with Crippen LogP contribution in [0.1, 0.15) is 47.6 Å². The number of benzene rings is 2. The second kappa shape index (κ2) is 7.12. The fourth-order valence-corrected chi connectivity index (χ4v) is 3.92. The molecule has 3 aromatic rings. The summed E-state index contributed by atoms with van der Waals surface area (Å²) in [7, 11) is 0. The van der Waals surface area contributed by atoms with Gasteiger partial charge in [-0.15, -0.1) is 0 Å². The molecule has 0 saturated heterocycles. The van der Waals surface area contributed by atoms with Gasteiger partial charge in [-0.25, -0.2) is 4.79 Å². The van der Waals surface area contributed by atoms with E-state index >= 15 is 0 Å². The molecule has 0 saturated carbocycles. The summed E-state index contributed by atoms with van der Waals surface area (Å²) in [5.74, 6) is -0.433. The molecule has 4 rings (SSSR count). The van der Waals surface area contributed by atoms with Crippen molar-refractivity contribution in [2.75, 3.05) is 0 Å². The van der Waals surface area contributed by atoms with Crippen molar-refractivity contribution in [2.24, 2.45) is 10.6 Å². The fourth-order valence-electron chi connectivity index (χ4n) is 3.92. The number of hydrogen-bond donors (Lipinski definition) is 0. The molecule has 0 unspecified atom stereocenters. The van der Waals surface area contributed by atoms with E-state index in [1.165, 1.54) is 5.69 Å². The maximum atomic E-state index is 12.3. The molecule has 0 amide bonds. The number of aryl methyl sites for hydroxylation is 1. The molecule has 1 aliphatic carbocycles. The Morgan fingerprint density at radius 3 is 2.32 bits per heavy atom. The molecule has 2 aromatic carbocycles. The van der Waals surface area contributed by atoms with Gasteiger partial charge < -0.3 is 9.40 Å². The highest BCUT2D eigenvalue weighted by Gasteiger charge is 2.33. The second-order valence-electron chi connectivity index (χ2n) is 8.12. The highest BCUT2D eigenvalue weighted by molar-refractivity contribution is 6.03. The summed E-state index contributed by atoms with van der Waals surface area (Å²) in [4.78, 5) is 17.6. The third-order valence-corrected chi connectivity index (χ3v) is 5.15. The largest absolute Gasteiger partial charge is 0.365 e. The molecule has 0 radical (unpaired) electrons. The van der Waals surface area contributed by atoms with E-state index in [9.17, 15) is 4.79 Å². The van der Waals surface area contributed by atoms with Gasteiger partial charge in [-0.05, 0) is 55.5 Å². The summed E-state index contributed by atoms with van der Waals surface area (Å²) in [5, 5.41) is 4.30. The highest BCUT2D eigenvalue weighted by atomic mass is 16.7. The van der Waals surface area contributed by atoms with E-state index in [0.29, 0.717) is 5.56 Å². The zero-order valence-electron chi connectivity index (χ0n) is 16.5. The molecule has 1 aromatic heterocycles. The van der Waals surface area contributed by atoms with Gasteiger partial charge in [-0.3, -0.25) is 0 Å². The number of oxime groups is 1. The Balaban J connectivity index is 1.72. The van der Waals surface area contributed by atoms with E-state index < -0.39 is 5.97 Å². The molecule has 0 bridgehead atoms. The van der Waals surface area contributed by atoms with Crippen molar-refractivity contribution in [2.45, 2.75) is 33.6 Å². The van der Waals surface area contributed by atoms with Crippen LogP contribution in [0.3, 0.4) is 0 Å². The van der Waals surface area contributed by atoms with Gasteiger partial charge in [0.05, 0.1) is 11.3 Å². The lowest BCUT2D eigenvalue weighted by molar-refractivity contribution is 0.0514. The Morgan fingerprint density at radius 2 is 1.64 bits per heavy atom. The summed E-state index contributed by atoms with van der Waals surface area (Å²) < 4.78 is 2.28. The van der Waals surface area contributed by atoms with E-state index in [1.807, 2.05) is 36.4 Å². The second-order valence-corrected chi connectivity index (χ2v) is 8.12. The zero-order valence-corrected chi connectivity index (χ0v) is 16.5. The molecule has 0 N–H and O–H groups in total. The first kappa shape index (κ1) is 18.2. The Hall–Kier alpha value is -3.14. The summed E-state index contributed by atoms with van der Waals surface area (Å²) >= 11 is 0. The monoisotopic (exact) mass is 372 g/mol. The van der Waals surface area contributed by atoms with Crippen molar-refractivity contribution in [3.05, 3.63) is 89.2 Å². The van der Waals surface area contributed by atoms with Crippen LogP contribution in [0.15, 0.2) is 71.9 Å². The number of nitrogens with zero attached hydrogens (tertiary/aromatic N) is 2. The van der Waals surface area contributed by atoms with Crippen molar-refractivity contribution in [3.8, 4) is 5.69 Å². The lowest BCUT2D eigenvalue weighted by Crippen LogP contribution is -2.28. The van der Waals surface area contributed by atoms with Gasteiger partial charge in [-0.2, -0.15) is 0 Å². The molecule has 1 aliphatic rings. The van der Waals surface area contributed by atoms with Gasteiger partial charge in [-0.1, -0.05) is 55.4 Å². The van der Waals surface area contributed by atoms with Crippen LogP contribution in [0.5, 0.6) is 0 Å². The molecule has 0 spiro atoms. The minimum Gasteiger partial charge on any atom is -0.318 e. The van der Waals surface area contributed by atoms with Crippen LogP contribution in [0.2, 0.25) is 0 Å². The van der Waals surface area contributed by atoms with E-state index in [4.69, 9.17) is 4.84 Å². The third-order valence-electron chi connectivity index (χ3n) is 5.15. The molecule has 4 nitrogen and oxygen atoms in total. The first-order valence-electron chi connectivity index (χ1n) is 9.55. The SMILES string of the molecule is Cc1cc2c(n1-c1ccccc1)CC(C)(C)C/C2=N\OC(=O)c1ccccc1. The Morgan fingerprint density at radius 1 is 1.00 bits per heavy atom. The Bertz CT molecular complexity index is 1030. The standard InChI is InChI=1S/C24H24N2O2/c1-17-14-20-21(25-28-23(27)18-10-6-4-7-11-18)15-24(2,3)16-22(20)26(17)19-12-8-5-9-13-19/h4-14H,15-16H2,1-3H3/b25-21+. The average Bonchev–Trinajstić information content (AvgIpc) is 3.02. The summed E-state index contributed by atoms with van der Waals surface area (Å²) in [6, 6.07) is 21.4. The number of rotatable bonds is 3. The maximum Gasteiger partial charge on any atom is 0.365 e. The van der Waals surface area contributed by atoms with E-state index in [1.54, 1.807) is 12.1 Å². The smallest absolute Gasteiger partial charge is 0.318 e. The molecule has 1 heterocycles. The predicted octanol–water partition coefficient (Wildman–Crippen LogP) is 5.32. The van der Waals surface area contributed by atoms with Crippen LogP contribution < -0.4 is 0 Å². The first-order chi connectivity index (χ1) is 13.4. The van der Waals surface area contributed by atoms with Crippen molar-refractivity contribution >= 4 is 11.7 Å². The number of para-hydroxylation sites is 1. The average molecular weight is 372 g/mol. The number of carbonyl (C=O) groups is 1. The Kier molecular flexibility index (Phi) is 4.63. The number of hydrogen-bond acceptors (Lipinski definition) is 3. The molecule has 4 heteroatoms. The summed E-state index contributed by atoms with van der Waals surface area (Å²) in [6.07, 6.45) is 1.71. The summed E-state index contributed by atoms with van der Waals surface area (Å²) in [6.45, 7) is 6.55. The zero-order chi connectivity index (χ0) is 19.7. The molecule has 0 aliphatic heterocycles. The van der Waals surface area contributed by atoms with Gasteiger partial charge >= 0.3 is 5.97 Å². The predicted molar refractivity (Wildman–Crippen MR) is 111 cm³/mol. The van der Waals surface area contributed by atoms with Crippen LogP contribution in [0, 0.1) is 12.3 Å². The van der Waals surface area contributed by atoms with Crippen molar-refractivity contribution < 1.29 is 9.63 Å².